The Morgan fingerprint density at radius 3 is 2.25 bits per heavy atom. The third-order valence-corrected chi connectivity index (χ3v) is 2.26. The molecule has 1 aromatic rings. The second kappa shape index (κ2) is 6.02. The minimum atomic E-state index is -4.59. The van der Waals surface area contributed by atoms with Gasteiger partial charge in [-0.25, -0.2) is 0 Å². The molecule has 0 fully saturated rings. The molecular formula is C8H6F3NaO3S. The van der Waals surface area contributed by atoms with Gasteiger partial charge in [-0.3, -0.25) is 4.21 Å². The van der Waals surface area contributed by atoms with E-state index in [4.69, 9.17) is 0 Å². The van der Waals surface area contributed by atoms with Crippen molar-refractivity contribution >= 4 is 11.1 Å². The van der Waals surface area contributed by atoms with E-state index in [-0.39, 0.29) is 35.3 Å². The summed E-state index contributed by atoms with van der Waals surface area (Å²) in [6.07, 6.45) is -4.59. The summed E-state index contributed by atoms with van der Waals surface area (Å²) in [5.41, 5.74) is -1.05. The van der Waals surface area contributed by atoms with Crippen molar-refractivity contribution in [3.63, 3.8) is 0 Å². The van der Waals surface area contributed by atoms with Gasteiger partial charge in [0.25, 0.3) is 0 Å². The zero-order valence-electron chi connectivity index (χ0n) is 8.50. The Bertz CT molecular complexity index is 395. The van der Waals surface area contributed by atoms with E-state index < -0.39 is 27.7 Å². The molecule has 16 heavy (non-hydrogen) atoms. The predicted octanol–water partition coefficient (Wildman–Crippen LogP) is -1.04. The average Bonchev–Trinajstić information content (AvgIpc) is 2.15. The van der Waals surface area contributed by atoms with Crippen molar-refractivity contribution in [1.29, 1.82) is 0 Å². The molecule has 1 unspecified atom stereocenters. The van der Waals surface area contributed by atoms with Crippen molar-refractivity contribution < 1.29 is 56.2 Å². The number of benzene rings is 1. The molecule has 0 saturated carbocycles. The Kier molecular flexibility index (Phi) is 5.99. The van der Waals surface area contributed by atoms with Crippen LogP contribution in [0, 0.1) is 0 Å². The molecule has 0 spiro atoms. The third kappa shape index (κ3) is 4.06. The number of rotatable bonds is 2. The molecule has 0 aliphatic heterocycles. The molecule has 8 heteroatoms. The Morgan fingerprint density at radius 2 is 1.88 bits per heavy atom. The summed E-state index contributed by atoms with van der Waals surface area (Å²) >= 11 is -2.72. The van der Waals surface area contributed by atoms with Gasteiger partial charge in [0.2, 0.25) is 0 Å². The van der Waals surface area contributed by atoms with E-state index in [9.17, 15) is 21.9 Å². The molecule has 0 amide bonds. The van der Waals surface area contributed by atoms with E-state index in [0.29, 0.717) is 6.07 Å². The molecule has 0 N–H and O–H groups in total. The summed E-state index contributed by atoms with van der Waals surface area (Å²) in [5, 5.41) is 0. The fraction of sp³-hybridized carbons (Fsp3) is 0.250. The maximum absolute atomic E-state index is 12.3. The van der Waals surface area contributed by atoms with Gasteiger partial charge >= 0.3 is 35.7 Å². The van der Waals surface area contributed by atoms with E-state index in [1.807, 2.05) is 0 Å². The minimum absolute atomic E-state index is 0. The van der Waals surface area contributed by atoms with Crippen molar-refractivity contribution in [2.45, 2.75) is 11.1 Å². The van der Waals surface area contributed by atoms with Crippen LogP contribution in [-0.4, -0.2) is 15.9 Å². The van der Waals surface area contributed by atoms with Crippen molar-refractivity contribution in [2.75, 3.05) is 7.11 Å². The van der Waals surface area contributed by atoms with E-state index in [1.165, 1.54) is 0 Å². The van der Waals surface area contributed by atoms with E-state index in [1.54, 1.807) is 0 Å². The van der Waals surface area contributed by atoms with Gasteiger partial charge in [-0.05, 0) is 29.3 Å². The molecule has 0 aliphatic carbocycles. The quantitative estimate of drug-likeness (QED) is 0.505. The first-order valence-electron chi connectivity index (χ1n) is 3.70. The molecular weight excluding hydrogens is 256 g/mol. The summed E-state index contributed by atoms with van der Waals surface area (Å²) in [6, 6.07) is 2.29. The van der Waals surface area contributed by atoms with Crippen LogP contribution in [0.1, 0.15) is 5.56 Å². The van der Waals surface area contributed by atoms with Crippen LogP contribution < -0.4 is 34.3 Å². The molecule has 1 aromatic carbocycles. The van der Waals surface area contributed by atoms with Gasteiger partial charge in [-0.2, -0.15) is 13.2 Å². The maximum atomic E-state index is 12.3. The van der Waals surface area contributed by atoms with Gasteiger partial charge < -0.3 is 9.29 Å². The van der Waals surface area contributed by atoms with Gasteiger partial charge in [-0.1, -0.05) is 0 Å². The smallest absolute Gasteiger partial charge is 0.768 e. The van der Waals surface area contributed by atoms with Crippen LogP contribution in [0.5, 0.6) is 5.75 Å². The summed E-state index contributed by atoms with van der Waals surface area (Å²) in [4.78, 5) is -0.457. The minimum Gasteiger partial charge on any atom is -0.768 e. The topological polar surface area (TPSA) is 49.4 Å². The zero-order chi connectivity index (χ0) is 11.6. The summed E-state index contributed by atoms with van der Waals surface area (Å²) in [5.74, 6) is -0.149. The fourth-order valence-corrected chi connectivity index (χ4v) is 1.39. The monoisotopic (exact) mass is 262 g/mol. The normalized spacial score (nSPS) is 12.8. The Morgan fingerprint density at radius 1 is 1.31 bits per heavy atom. The molecule has 0 saturated heterocycles. The number of ether oxygens (including phenoxy) is 1. The first-order chi connectivity index (χ1) is 6.84. The molecule has 3 nitrogen and oxygen atoms in total. The number of halogens is 3. The molecule has 0 radical (unpaired) electrons. The predicted molar refractivity (Wildman–Crippen MR) is 45.2 cm³/mol. The Labute approximate surface area is 115 Å². The van der Waals surface area contributed by atoms with E-state index in [0.717, 1.165) is 19.2 Å². The second-order valence-corrected chi connectivity index (χ2v) is 3.57. The van der Waals surface area contributed by atoms with Gasteiger partial charge in [0.15, 0.2) is 0 Å². The SMILES string of the molecule is COc1cc(S(=O)[O-])cc(C(F)(F)F)c1.[Na+]. The van der Waals surface area contributed by atoms with Crippen LogP contribution in [0.4, 0.5) is 13.2 Å². The average molecular weight is 262 g/mol. The molecule has 0 aliphatic rings. The maximum Gasteiger partial charge on any atom is 1.00 e. The third-order valence-electron chi connectivity index (χ3n) is 1.64. The Hall–Kier alpha value is -0.0800. The van der Waals surface area contributed by atoms with Crippen molar-refractivity contribution in [3.8, 4) is 5.75 Å². The van der Waals surface area contributed by atoms with Crippen LogP contribution in [-0.2, 0) is 17.3 Å². The Balaban J connectivity index is 0.00000225. The molecule has 84 valence electrons. The molecule has 0 bridgehead atoms. The van der Waals surface area contributed by atoms with Gasteiger partial charge in [0, 0.05) is 4.90 Å². The van der Waals surface area contributed by atoms with Crippen molar-refractivity contribution in [3.05, 3.63) is 23.8 Å². The van der Waals surface area contributed by atoms with Gasteiger partial charge in [-0.15, -0.1) is 0 Å². The van der Waals surface area contributed by atoms with Crippen LogP contribution in [0.25, 0.3) is 0 Å². The van der Waals surface area contributed by atoms with Crippen molar-refractivity contribution in [1.82, 2.24) is 0 Å². The van der Waals surface area contributed by atoms with Crippen molar-refractivity contribution in [2.24, 2.45) is 0 Å². The number of hydrogen-bond donors (Lipinski definition) is 0. The summed E-state index contributed by atoms with van der Waals surface area (Å²) < 4.78 is 62.5. The summed E-state index contributed by atoms with van der Waals surface area (Å²) in [6.45, 7) is 0. The number of alkyl halides is 3. The van der Waals surface area contributed by atoms with Crippen LogP contribution in [0.3, 0.4) is 0 Å². The largest absolute Gasteiger partial charge is 1.00 e. The van der Waals surface area contributed by atoms with Crippen LogP contribution in [0.2, 0.25) is 0 Å². The standard InChI is InChI=1S/C8H7F3O3S.Na/c1-14-6-2-5(8(9,10)11)3-7(4-6)15(12)13;/h2-4H,1H3,(H,12,13);/q;+1/p-1. The number of methoxy groups -OCH3 is 1. The summed E-state index contributed by atoms with van der Waals surface area (Å²) in [7, 11) is 1.16. The van der Waals surface area contributed by atoms with Gasteiger partial charge in [0.05, 0.1) is 12.7 Å². The number of hydrogen-bond acceptors (Lipinski definition) is 3. The molecule has 1 rings (SSSR count). The van der Waals surface area contributed by atoms with Crippen LogP contribution in [0.15, 0.2) is 23.1 Å². The zero-order valence-corrected chi connectivity index (χ0v) is 11.3. The van der Waals surface area contributed by atoms with Gasteiger partial charge in [0.1, 0.15) is 5.75 Å². The second-order valence-electron chi connectivity index (χ2n) is 2.63. The fourth-order valence-electron chi connectivity index (χ4n) is 0.949. The first kappa shape index (κ1) is 15.9. The molecule has 0 aromatic heterocycles. The van der Waals surface area contributed by atoms with E-state index in [2.05, 4.69) is 4.74 Å². The first-order valence-corrected chi connectivity index (χ1v) is 4.77. The molecule has 1 atom stereocenters. The van der Waals surface area contributed by atoms with E-state index >= 15 is 0 Å². The molecule has 0 heterocycles. The van der Waals surface area contributed by atoms with Crippen LogP contribution >= 0.6 is 0 Å².